The molecule has 0 unspecified atom stereocenters. The molecule has 2 heterocycles. The fourth-order valence-corrected chi connectivity index (χ4v) is 1.92. The van der Waals surface area contributed by atoms with Gasteiger partial charge in [0.25, 0.3) is 11.1 Å². The van der Waals surface area contributed by atoms with Gasteiger partial charge in [0, 0.05) is 16.8 Å². The van der Waals surface area contributed by atoms with Gasteiger partial charge in [-0.2, -0.15) is 0 Å². The number of nitrogens with zero attached hydrogens (tertiary/aromatic N) is 2. The maximum absolute atomic E-state index is 11.5. The molecule has 0 aliphatic carbocycles. The molecule has 1 aromatic rings. The highest BCUT2D eigenvalue weighted by Crippen LogP contribution is 2.19. The molecular weight excluding hydrogens is 399 g/mol. The van der Waals surface area contributed by atoms with E-state index in [4.69, 9.17) is 11.6 Å². The maximum Gasteiger partial charge on any atom is 0.280 e. The van der Waals surface area contributed by atoms with Crippen LogP contribution in [0.4, 0.5) is 0 Å². The van der Waals surface area contributed by atoms with E-state index >= 15 is 0 Å². The molecule has 1 aromatic carbocycles. The Balaban J connectivity index is 0.000000902. The third-order valence-corrected chi connectivity index (χ3v) is 2.84. The van der Waals surface area contributed by atoms with E-state index in [-0.39, 0.29) is 44.4 Å². The van der Waals surface area contributed by atoms with E-state index in [0.29, 0.717) is 16.3 Å². The fourth-order valence-electron chi connectivity index (χ4n) is 1.79. The van der Waals surface area contributed by atoms with Crippen LogP contribution in [0.1, 0.15) is 0 Å². The molecule has 0 N–H and O–H groups in total. The second-order valence-corrected chi connectivity index (χ2v) is 4.06. The van der Waals surface area contributed by atoms with Crippen molar-refractivity contribution in [1.82, 2.24) is 9.97 Å². The van der Waals surface area contributed by atoms with E-state index in [2.05, 4.69) is 9.97 Å². The summed E-state index contributed by atoms with van der Waals surface area (Å²) in [6.45, 7) is 0. The maximum atomic E-state index is 11.5. The van der Waals surface area contributed by atoms with Gasteiger partial charge in [-0.15, -0.1) is 34.0 Å². The summed E-state index contributed by atoms with van der Waals surface area (Å²) in [7, 11) is 0. The predicted octanol–water partition coefficient (Wildman–Crippen LogP) is 2.27. The Morgan fingerprint density at radius 2 is 1.58 bits per heavy atom. The summed E-state index contributed by atoms with van der Waals surface area (Å²) < 4.78 is 0. The molecule has 0 fully saturated rings. The van der Waals surface area contributed by atoms with E-state index in [1.807, 2.05) is 0 Å². The van der Waals surface area contributed by atoms with Crippen molar-refractivity contribution in [3.8, 4) is 11.3 Å². The quantitative estimate of drug-likeness (QED) is 0.622. The lowest BCUT2D eigenvalue weighted by Gasteiger charge is -1.95. The van der Waals surface area contributed by atoms with Gasteiger partial charge in [-0.25, -0.2) is 9.97 Å². The molecule has 3 rings (SSSR count). The molecule has 2 aliphatic heterocycles. The second kappa shape index (κ2) is 5.90. The summed E-state index contributed by atoms with van der Waals surface area (Å²) in [4.78, 5) is 30.5. The molecule has 0 atom stereocenters. The molecule has 98 valence electrons. The molecule has 0 amide bonds. The lowest BCUT2D eigenvalue weighted by molar-refractivity contribution is 1.23. The Hall–Kier alpha value is -1.11. The fraction of sp³-hybridized carbons (Fsp3) is 0. The highest BCUT2D eigenvalue weighted by atomic mass is 79.9. The lowest BCUT2D eigenvalue weighted by atomic mass is 10.1. The van der Waals surface area contributed by atoms with Crippen LogP contribution < -0.4 is 11.1 Å². The van der Waals surface area contributed by atoms with E-state index in [9.17, 15) is 9.59 Å². The highest BCUT2D eigenvalue weighted by molar-refractivity contribution is 8.93. The zero-order chi connectivity index (χ0) is 12.0. The van der Waals surface area contributed by atoms with Crippen LogP contribution in [0.2, 0.25) is 5.02 Å². The number of hydrogen-bond donors (Lipinski definition) is 0. The Morgan fingerprint density at radius 1 is 0.947 bits per heavy atom. The summed E-state index contributed by atoms with van der Waals surface area (Å²) in [5.74, 6) is 0. The predicted molar refractivity (Wildman–Crippen MR) is 83.3 cm³/mol. The van der Waals surface area contributed by atoms with Crippen LogP contribution in [0.25, 0.3) is 11.3 Å². The Kier molecular flexibility index (Phi) is 4.95. The Bertz CT molecular complexity index is 840. The van der Waals surface area contributed by atoms with Crippen molar-refractivity contribution < 1.29 is 0 Å². The largest absolute Gasteiger partial charge is 0.280 e. The molecule has 2 aliphatic rings. The number of rotatable bonds is 1. The highest BCUT2D eigenvalue weighted by Gasteiger charge is 2.13. The van der Waals surface area contributed by atoms with E-state index in [1.54, 1.807) is 24.3 Å². The van der Waals surface area contributed by atoms with Crippen molar-refractivity contribution in [3.05, 3.63) is 66.6 Å². The van der Waals surface area contributed by atoms with Gasteiger partial charge in [0.2, 0.25) is 0 Å². The summed E-state index contributed by atoms with van der Waals surface area (Å²) in [6.07, 6.45) is 1.27. The normalized spacial score (nSPS) is 9.95. The number of benzene rings is 1. The van der Waals surface area contributed by atoms with Crippen LogP contribution in [0, 0.1) is 10.4 Å². The third-order valence-electron chi connectivity index (χ3n) is 2.59. The monoisotopic (exact) mass is 404 g/mol. The van der Waals surface area contributed by atoms with Gasteiger partial charge in [-0.3, -0.25) is 9.59 Å². The molecule has 4 nitrogen and oxygen atoms in total. The van der Waals surface area contributed by atoms with Crippen molar-refractivity contribution in [2.75, 3.05) is 0 Å². The minimum absolute atomic E-state index is 0. The van der Waals surface area contributed by atoms with Crippen molar-refractivity contribution in [2.45, 2.75) is 0 Å². The van der Waals surface area contributed by atoms with Crippen molar-refractivity contribution in [3.63, 3.8) is 0 Å². The lowest BCUT2D eigenvalue weighted by Crippen LogP contribution is -2.01. The molecule has 0 radical (unpaired) electrons. The first-order chi connectivity index (χ1) is 8.16. The van der Waals surface area contributed by atoms with E-state index < -0.39 is 11.1 Å². The SMILES string of the molecule is Br.Br.O=c1nc(-c2ccc(Cl)cc2)c2c(=O)ncc1=2. The van der Waals surface area contributed by atoms with Crippen LogP contribution in [0.15, 0.2) is 40.1 Å². The van der Waals surface area contributed by atoms with Crippen LogP contribution in [-0.4, -0.2) is 9.97 Å². The average molecular weight is 406 g/mol. The summed E-state index contributed by atoms with van der Waals surface area (Å²) in [5, 5.41) is 1.15. The van der Waals surface area contributed by atoms with Gasteiger partial charge in [0.15, 0.2) is 0 Å². The molecule has 7 heteroatoms. The average Bonchev–Trinajstić information content (AvgIpc) is 2.83. The first kappa shape index (κ1) is 15.9. The van der Waals surface area contributed by atoms with E-state index in [1.165, 1.54) is 6.20 Å². The molecular formula is C12H7Br2ClN2O2. The van der Waals surface area contributed by atoms with Crippen LogP contribution >= 0.6 is 45.6 Å². The smallest absolute Gasteiger partial charge is 0.267 e. The first-order valence-electron chi connectivity index (χ1n) is 4.89. The molecule has 0 saturated carbocycles. The molecule has 0 saturated heterocycles. The van der Waals surface area contributed by atoms with Gasteiger partial charge in [-0.1, -0.05) is 23.7 Å². The van der Waals surface area contributed by atoms with Gasteiger partial charge in [0.05, 0.1) is 16.1 Å². The van der Waals surface area contributed by atoms with Crippen LogP contribution in [0.3, 0.4) is 0 Å². The van der Waals surface area contributed by atoms with Crippen molar-refractivity contribution >= 4 is 45.6 Å². The standard InChI is InChI=1S/C12H5ClN2O2.2BrH/c13-7-3-1-6(2-4-7)10-9-8(11(16)15-10)5-14-12(9)17;;/h1-5H;2*1H. The van der Waals surface area contributed by atoms with Crippen LogP contribution in [0.5, 0.6) is 0 Å². The van der Waals surface area contributed by atoms with E-state index in [0.717, 1.165) is 0 Å². The minimum atomic E-state index is -0.417. The number of hydrogen-bond acceptors (Lipinski definition) is 4. The van der Waals surface area contributed by atoms with Gasteiger partial charge in [-0.05, 0) is 12.1 Å². The number of aromatic nitrogens is 2. The zero-order valence-electron chi connectivity index (χ0n) is 9.29. The van der Waals surface area contributed by atoms with Gasteiger partial charge in [0.1, 0.15) is 0 Å². The summed E-state index contributed by atoms with van der Waals surface area (Å²) in [6, 6.07) is 6.80. The molecule has 19 heavy (non-hydrogen) atoms. The van der Waals surface area contributed by atoms with Gasteiger partial charge >= 0.3 is 0 Å². The topological polar surface area (TPSA) is 59.9 Å². The van der Waals surface area contributed by atoms with Crippen LogP contribution in [-0.2, 0) is 0 Å². The summed E-state index contributed by atoms with van der Waals surface area (Å²) >= 11 is 5.78. The summed E-state index contributed by atoms with van der Waals surface area (Å²) in [5.41, 5.74) is 0.231. The zero-order valence-corrected chi connectivity index (χ0v) is 13.5. The molecule has 0 aromatic heterocycles. The van der Waals surface area contributed by atoms with Crippen molar-refractivity contribution in [2.24, 2.45) is 0 Å². The Morgan fingerprint density at radius 3 is 2.21 bits per heavy atom. The third kappa shape index (κ3) is 2.61. The number of halogens is 3. The molecule has 0 spiro atoms. The van der Waals surface area contributed by atoms with Crippen molar-refractivity contribution in [1.29, 1.82) is 0 Å². The molecule has 0 bridgehead atoms. The minimum Gasteiger partial charge on any atom is -0.267 e. The Labute approximate surface area is 133 Å². The first-order valence-corrected chi connectivity index (χ1v) is 5.26. The second-order valence-electron chi connectivity index (χ2n) is 3.62. The van der Waals surface area contributed by atoms with Gasteiger partial charge < -0.3 is 0 Å².